The van der Waals surface area contributed by atoms with Gasteiger partial charge < -0.3 is 15.0 Å². The predicted molar refractivity (Wildman–Crippen MR) is 112 cm³/mol. The molecule has 1 aliphatic rings. The lowest BCUT2D eigenvalue weighted by Gasteiger charge is -2.29. The molecule has 156 valence electrons. The van der Waals surface area contributed by atoms with E-state index in [0.717, 1.165) is 16.8 Å². The molecule has 1 aromatic heterocycles. The first-order valence-electron chi connectivity index (χ1n) is 9.69. The molecule has 7 nitrogen and oxygen atoms in total. The van der Waals surface area contributed by atoms with E-state index in [1.54, 1.807) is 16.6 Å². The molecule has 8 heteroatoms. The zero-order valence-corrected chi connectivity index (χ0v) is 18.0. The van der Waals surface area contributed by atoms with Crippen LogP contribution in [0.1, 0.15) is 44.0 Å². The predicted octanol–water partition coefficient (Wildman–Crippen LogP) is 3.94. The average Bonchev–Trinajstić information content (AvgIpc) is 2.94. The Labute approximate surface area is 176 Å². The van der Waals surface area contributed by atoms with Gasteiger partial charge in [-0.3, -0.25) is 9.48 Å². The number of carbonyl (C=O) groups is 2. The number of fused-ring (bicyclic) bond motifs is 1. The molecule has 3 rings (SSSR count). The van der Waals surface area contributed by atoms with Crippen molar-refractivity contribution in [1.29, 1.82) is 0 Å². The molecular weight excluding hydrogens is 392 g/mol. The van der Waals surface area contributed by atoms with Crippen LogP contribution in [0.5, 0.6) is 0 Å². The molecule has 0 unspecified atom stereocenters. The second-order valence-corrected chi connectivity index (χ2v) is 8.66. The third-order valence-corrected chi connectivity index (χ3v) is 4.91. The Balaban J connectivity index is 1.65. The summed E-state index contributed by atoms with van der Waals surface area (Å²) in [5, 5.41) is 8.15. The van der Waals surface area contributed by atoms with Crippen molar-refractivity contribution in [3.8, 4) is 0 Å². The molecule has 0 atom stereocenters. The number of nitrogens with zero attached hydrogens (tertiary/aromatic N) is 3. The van der Waals surface area contributed by atoms with Crippen LogP contribution in [-0.2, 0) is 36.0 Å². The summed E-state index contributed by atoms with van der Waals surface area (Å²) >= 11 is 5.90. The maximum Gasteiger partial charge on any atom is 0.410 e. The second-order valence-electron chi connectivity index (χ2n) is 8.22. The third kappa shape index (κ3) is 5.50. The number of amides is 2. The minimum Gasteiger partial charge on any atom is -0.444 e. The molecule has 1 aliphatic heterocycles. The molecule has 0 fully saturated rings. The first kappa shape index (κ1) is 21.2. The molecular formula is C21H27ClN4O3. The van der Waals surface area contributed by atoms with Crippen LogP contribution in [0.2, 0.25) is 5.02 Å². The van der Waals surface area contributed by atoms with Gasteiger partial charge in [0, 0.05) is 37.0 Å². The monoisotopic (exact) mass is 418 g/mol. The number of hydrogen-bond donors (Lipinski definition) is 1. The molecule has 2 amide bonds. The summed E-state index contributed by atoms with van der Waals surface area (Å²) in [7, 11) is 1.80. The molecule has 0 bridgehead atoms. The summed E-state index contributed by atoms with van der Waals surface area (Å²) < 4.78 is 7.15. The first-order chi connectivity index (χ1) is 13.6. The second kappa shape index (κ2) is 8.45. The van der Waals surface area contributed by atoms with E-state index in [1.807, 2.05) is 45.0 Å². The summed E-state index contributed by atoms with van der Waals surface area (Å²) in [5.74, 6) is 0.537. The van der Waals surface area contributed by atoms with Crippen LogP contribution in [0.15, 0.2) is 24.3 Å². The van der Waals surface area contributed by atoms with Crippen LogP contribution in [0.3, 0.4) is 0 Å². The third-order valence-electron chi connectivity index (χ3n) is 4.66. The van der Waals surface area contributed by atoms with Crippen molar-refractivity contribution in [3.05, 3.63) is 46.1 Å². The molecule has 2 aromatic rings. The summed E-state index contributed by atoms with van der Waals surface area (Å²) in [4.78, 5) is 26.6. The minimum absolute atomic E-state index is 0.0971. The highest BCUT2D eigenvalue weighted by atomic mass is 35.5. The lowest BCUT2D eigenvalue weighted by molar-refractivity contribution is -0.116. The van der Waals surface area contributed by atoms with E-state index < -0.39 is 5.60 Å². The Hall–Kier alpha value is -2.54. The largest absolute Gasteiger partial charge is 0.444 e. The van der Waals surface area contributed by atoms with Crippen molar-refractivity contribution in [1.82, 2.24) is 14.7 Å². The standard InChI is InChI=1S/C21H27ClN4O3/c1-21(2,3)29-20(28)26-12-11-17-16(13-26)19(25(4)24-17)23-18(27)10-7-14-5-8-15(22)9-6-14/h5-6,8-9H,7,10-13H2,1-4H3,(H,23,27). The number of aromatic nitrogens is 2. The smallest absolute Gasteiger partial charge is 0.410 e. The molecule has 0 radical (unpaired) electrons. The van der Waals surface area contributed by atoms with Crippen LogP contribution in [0.25, 0.3) is 0 Å². The van der Waals surface area contributed by atoms with Crippen molar-refractivity contribution < 1.29 is 14.3 Å². The van der Waals surface area contributed by atoms with E-state index in [4.69, 9.17) is 16.3 Å². The Morgan fingerprint density at radius 2 is 1.93 bits per heavy atom. The Kier molecular flexibility index (Phi) is 6.17. The van der Waals surface area contributed by atoms with Gasteiger partial charge in [0.25, 0.3) is 0 Å². The van der Waals surface area contributed by atoms with E-state index >= 15 is 0 Å². The minimum atomic E-state index is -0.551. The number of rotatable bonds is 4. The molecule has 0 spiro atoms. The average molecular weight is 419 g/mol. The summed E-state index contributed by atoms with van der Waals surface area (Å²) in [6.07, 6.45) is 1.24. The fourth-order valence-corrected chi connectivity index (χ4v) is 3.37. The summed E-state index contributed by atoms with van der Waals surface area (Å²) in [6, 6.07) is 7.47. The van der Waals surface area contributed by atoms with Gasteiger partial charge in [-0.05, 0) is 44.9 Å². The maximum absolute atomic E-state index is 12.5. The number of halogens is 1. The van der Waals surface area contributed by atoms with Crippen LogP contribution in [-0.4, -0.2) is 38.8 Å². The zero-order chi connectivity index (χ0) is 21.2. The number of hydrogen-bond acceptors (Lipinski definition) is 4. The van der Waals surface area contributed by atoms with E-state index in [0.29, 0.717) is 43.2 Å². The Morgan fingerprint density at radius 1 is 1.24 bits per heavy atom. The fourth-order valence-electron chi connectivity index (χ4n) is 3.24. The van der Waals surface area contributed by atoms with Crippen molar-refractivity contribution >= 4 is 29.4 Å². The number of nitrogens with one attached hydrogen (secondary N) is 1. The number of benzene rings is 1. The molecule has 0 saturated carbocycles. The van der Waals surface area contributed by atoms with Gasteiger partial charge in [-0.15, -0.1) is 0 Å². The lowest BCUT2D eigenvalue weighted by atomic mass is 10.1. The van der Waals surface area contributed by atoms with Crippen LogP contribution < -0.4 is 5.32 Å². The van der Waals surface area contributed by atoms with Gasteiger partial charge in [-0.1, -0.05) is 23.7 Å². The topological polar surface area (TPSA) is 76.5 Å². The normalized spacial score (nSPS) is 13.8. The zero-order valence-electron chi connectivity index (χ0n) is 17.3. The van der Waals surface area contributed by atoms with Gasteiger partial charge >= 0.3 is 6.09 Å². The van der Waals surface area contributed by atoms with Crippen molar-refractivity contribution in [2.45, 2.75) is 52.2 Å². The van der Waals surface area contributed by atoms with E-state index in [1.165, 1.54) is 0 Å². The summed E-state index contributed by atoms with van der Waals surface area (Å²) in [5.41, 5.74) is 2.27. The van der Waals surface area contributed by atoms with Crippen molar-refractivity contribution in [3.63, 3.8) is 0 Å². The van der Waals surface area contributed by atoms with Crippen molar-refractivity contribution in [2.24, 2.45) is 7.05 Å². The quantitative estimate of drug-likeness (QED) is 0.815. The Morgan fingerprint density at radius 3 is 2.59 bits per heavy atom. The van der Waals surface area contributed by atoms with Crippen LogP contribution in [0.4, 0.5) is 10.6 Å². The molecule has 1 aromatic carbocycles. The van der Waals surface area contributed by atoms with Gasteiger partial charge in [0.1, 0.15) is 11.4 Å². The van der Waals surface area contributed by atoms with Crippen LogP contribution in [0, 0.1) is 0 Å². The van der Waals surface area contributed by atoms with Gasteiger partial charge in [0.15, 0.2) is 0 Å². The number of anilines is 1. The van der Waals surface area contributed by atoms with Gasteiger partial charge in [0.2, 0.25) is 5.91 Å². The van der Waals surface area contributed by atoms with E-state index in [2.05, 4.69) is 10.4 Å². The highest BCUT2D eigenvalue weighted by Crippen LogP contribution is 2.27. The van der Waals surface area contributed by atoms with Crippen LogP contribution >= 0.6 is 11.6 Å². The molecule has 0 aliphatic carbocycles. The van der Waals surface area contributed by atoms with Gasteiger partial charge in [0.05, 0.1) is 12.2 Å². The maximum atomic E-state index is 12.5. The van der Waals surface area contributed by atoms with E-state index in [-0.39, 0.29) is 12.0 Å². The number of carbonyl (C=O) groups excluding carboxylic acids is 2. The van der Waals surface area contributed by atoms with Gasteiger partial charge in [-0.25, -0.2) is 4.79 Å². The number of aryl methyl sites for hydroxylation is 2. The molecule has 0 saturated heterocycles. The highest BCUT2D eigenvalue weighted by Gasteiger charge is 2.30. The molecule has 2 heterocycles. The van der Waals surface area contributed by atoms with Gasteiger partial charge in [-0.2, -0.15) is 5.10 Å². The first-order valence-corrected chi connectivity index (χ1v) is 10.1. The highest BCUT2D eigenvalue weighted by molar-refractivity contribution is 6.30. The molecule has 1 N–H and O–H groups in total. The Bertz CT molecular complexity index is 900. The number of ether oxygens (including phenoxy) is 1. The SMILES string of the molecule is Cn1nc2c(c1NC(=O)CCc1ccc(Cl)cc1)CN(C(=O)OC(C)(C)C)CC2. The molecule has 29 heavy (non-hydrogen) atoms. The van der Waals surface area contributed by atoms with Crippen molar-refractivity contribution in [2.75, 3.05) is 11.9 Å². The fraction of sp³-hybridized carbons (Fsp3) is 0.476. The van der Waals surface area contributed by atoms with E-state index in [9.17, 15) is 9.59 Å². The summed E-state index contributed by atoms with van der Waals surface area (Å²) in [6.45, 7) is 6.44. The lowest BCUT2D eigenvalue weighted by Crippen LogP contribution is -2.40.